The normalized spacial score (nSPS) is 17.5. The van der Waals surface area contributed by atoms with Gasteiger partial charge in [0.05, 0.1) is 7.11 Å². The first-order valence-corrected chi connectivity index (χ1v) is 14.4. The van der Waals surface area contributed by atoms with Crippen molar-refractivity contribution in [1.29, 1.82) is 0 Å². The molecular weight excluding hydrogens is 494 g/mol. The molecule has 0 N–H and O–H groups in total. The van der Waals surface area contributed by atoms with Gasteiger partial charge in [0.25, 0.3) is 0 Å². The molecule has 3 aromatic carbocycles. The Balaban J connectivity index is 1.28. The summed E-state index contributed by atoms with van der Waals surface area (Å²) in [6.07, 6.45) is 6.62. The van der Waals surface area contributed by atoms with Crippen LogP contribution in [0.15, 0.2) is 54.6 Å². The fraction of sp³-hybridized carbons (Fsp3) is 0.455. The van der Waals surface area contributed by atoms with E-state index < -0.39 is 0 Å². The summed E-state index contributed by atoms with van der Waals surface area (Å²) in [5, 5.41) is 0. The molecule has 0 bridgehead atoms. The molecule has 1 atom stereocenters. The van der Waals surface area contributed by atoms with Crippen molar-refractivity contribution >= 4 is 5.69 Å². The smallest absolute Gasteiger partial charge is 0.165 e. The SMILES string of the molecule is CCN(Cc1ccc(OCCN2CCCCC2)c(F)c1)c1cc(F)ccc1C1CCc2cc(OC)ccc2C1. The number of aryl methyl sites for hydroxylation is 1. The number of rotatable bonds is 10. The second-order valence-electron chi connectivity index (χ2n) is 10.8. The van der Waals surface area contributed by atoms with Crippen LogP contribution in [0, 0.1) is 11.6 Å². The third kappa shape index (κ3) is 6.73. The van der Waals surface area contributed by atoms with Gasteiger partial charge in [-0.2, -0.15) is 0 Å². The molecule has 0 saturated carbocycles. The van der Waals surface area contributed by atoms with Crippen molar-refractivity contribution in [2.45, 2.75) is 57.9 Å². The van der Waals surface area contributed by atoms with Crippen LogP contribution in [0.5, 0.6) is 11.5 Å². The molecule has 4 nitrogen and oxygen atoms in total. The highest BCUT2D eigenvalue weighted by Gasteiger charge is 2.25. The number of piperidine rings is 1. The van der Waals surface area contributed by atoms with Gasteiger partial charge in [0.2, 0.25) is 0 Å². The highest BCUT2D eigenvalue weighted by atomic mass is 19.1. The van der Waals surface area contributed by atoms with Gasteiger partial charge >= 0.3 is 0 Å². The molecule has 0 aromatic heterocycles. The molecule has 6 heteroatoms. The van der Waals surface area contributed by atoms with Crippen LogP contribution in [0.1, 0.15) is 60.8 Å². The molecule has 39 heavy (non-hydrogen) atoms. The minimum atomic E-state index is -0.346. The second-order valence-corrected chi connectivity index (χ2v) is 10.8. The number of methoxy groups -OCH3 is 1. The first-order valence-electron chi connectivity index (χ1n) is 14.4. The number of halogens is 2. The van der Waals surface area contributed by atoms with Crippen molar-refractivity contribution in [2.75, 3.05) is 44.8 Å². The summed E-state index contributed by atoms with van der Waals surface area (Å²) in [5.74, 6) is 0.876. The summed E-state index contributed by atoms with van der Waals surface area (Å²) in [6.45, 7) is 6.76. The van der Waals surface area contributed by atoms with E-state index in [0.717, 1.165) is 61.5 Å². The van der Waals surface area contributed by atoms with Gasteiger partial charge in [0, 0.05) is 25.3 Å². The molecule has 1 unspecified atom stereocenters. The zero-order chi connectivity index (χ0) is 27.2. The Morgan fingerprint density at radius 2 is 1.79 bits per heavy atom. The van der Waals surface area contributed by atoms with Crippen LogP contribution < -0.4 is 14.4 Å². The third-order valence-corrected chi connectivity index (χ3v) is 8.28. The van der Waals surface area contributed by atoms with Crippen LogP contribution in [-0.2, 0) is 19.4 Å². The zero-order valence-corrected chi connectivity index (χ0v) is 23.2. The van der Waals surface area contributed by atoms with E-state index in [4.69, 9.17) is 9.47 Å². The Morgan fingerprint density at radius 1 is 0.949 bits per heavy atom. The summed E-state index contributed by atoms with van der Waals surface area (Å²) in [6, 6.07) is 16.6. The quantitative estimate of drug-likeness (QED) is 0.276. The van der Waals surface area contributed by atoms with Crippen LogP contribution in [0.4, 0.5) is 14.5 Å². The Bertz CT molecular complexity index is 1260. The van der Waals surface area contributed by atoms with Crippen molar-refractivity contribution < 1.29 is 18.3 Å². The predicted octanol–water partition coefficient (Wildman–Crippen LogP) is 7.14. The van der Waals surface area contributed by atoms with Gasteiger partial charge in [-0.05, 0) is 117 Å². The van der Waals surface area contributed by atoms with Crippen molar-refractivity contribution in [1.82, 2.24) is 4.90 Å². The van der Waals surface area contributed by atoms with Crippen LogP contribution in [0.25, 0.3) is 0 Å². The molecule has 208 valence electrons. The van der Waals surface area contributed by atoms with Crippen molar-refractivity contribution in [2.24, 2.45) is 0 Å². The highest BCUT2D eigenvalue weighted by molar-refractivity contribution is 5.57. The highest BCUT2D eigenvalue weighted by Crippen LogP contribution is 2.39. The minimum Gasteiger partial charge on any atom is -0.497 e. The molecular formula is C33H40F2N2O2. The number of hydrogen-bond acceptors (Lipinski definition) is 4. The van der Waals surface area contributed by atoms with Gasteiger partial charge in [-0.1, -0.05) is 24.6 Å². The van der Waals surface area contributed by atoms with Crippen molar-refractivity contribution in [3.63, 3.8) is 0 Å². The predicted molar refractivity (Wildman–Crippen MR) is 153 cm³/mol. The Hall–Kier alpha value is -3.12. The van der Waals surface area contributed by atoms with Crippen LogP contribution >= 0.6 is 0 Å². The maximum absolute atomic E-state index is 15.0. The van der Waals surface area contributed by atoms with E-state index in [1.165, 1.54) is 30.4 Å². The molecule has 1 aliphatic heterocycles. The van der Waals surface area contributed by atoms with Gasteiger partial charge in [-0.25, -0.2) is 8.78 Å². The van der Waals surface area contributed by atoms with E-state index in [2.05, 4.69) is 28.9 Å². The first-order chi connectivity index (χ1) is 19.0. The van der Waals surface area contributed by atoms with Crippen LogP contribution in [0.3, 0.4) is 0 Å². The van der Waals surface area contributed by atoms with Gasteiger partial charge in [-0.15, -0.1) is 0 Å². The first kappa shape index (κ1) is 27.4. The topological polar surface area (TPSA) is 24.9 Å². The summed E-state index contributed by atoms with van der Waals surface area (Å²) >= 11 is 0. The number of fused-ring (bicyclic) bond motifs is 1. The number of benzene rings is 3. The molecule has 1 fully saturated rings. The van der Waals surface area contributed by atoms with Gasteiger partial charge < -0.3 is 14.4 Å². The van der Waals surface area contributed by atoms with Crippen LogP contribution in [-0.4, -0.2) is 44.8 Å². The lowest BCUT2D eigenvalue weighted by Crippen LogP contribution is -2.33. The van der Waals surface area contributed by atoms with E-state index in [9.17, 15) is 8.78 Å². The maximum Gasteiger partial charge on any atom is 0.165 e. The fourth-order valence-corrected chi connectivity index (χ4v) is 6.07. The average molecular weight is 535 g/mol. The molecule has 3 aromatic rings. The molecule has 1 aliphatic carbocycles. The summed E-state index contributed by atoms with van der Waals surface area (Å²) in [7, 11) is 1.69. The third-order valence-electron chi connectivity index (χ3n) is 8.28. The lowest BCUT2D eigenvalue weighted by molar-refractivity contribution is 0.180. The van der Waals surface area contributed by atoms with Crippen molar-refractivity contribution in [3.8, 4) is 11.5 Å². The Labute approximate surface area is 231 Å². The maximum atomic E-state index is 15.0. The second kappa shape index (κ2) is 12.8. The van der Waals surface area contributed by atoms with Crippen LogP contribution in [0.2, 0.25) is 0 Å². The molecule has 2 aliphatic rings. The Morgan fingerprint density at radius 3 is 2.56 bits per heavy atom. The minimum absolute atomic E-state index is 0.253. The molecule has 0 spiro atoms. The largest absolute Gasteiger partial charge is 0.497 e. The standard InChI is InChI=1S/C33H40F2N2O2/c1-3-37(23-24-7-14-33(31(35)19-24)39-18-17-36-15-5-4-6-16-36)32-22-28(34)11-13-30(32)27-9-8-26-21-29(38-2)12-10-25(26)20-27/h7,10-14,19,21-22,27H,3-6,8-9,15-18,20,23H2,1-2H3. The van der Waals surface area contributed by atoms with Crippen molar-refractivity contribution in [3.05, 3.63) is 88.5 Å². The number of likely N-dealkylation sites (tertiary alicyclic amines) is 1. The molecule has 1 saturated heterocycles. The van der Waals surface area contributed by atoms with Gasteiger partial charge in [-0.3, -0.25) is 4.90 Å². The van der Waals surface area contributed by atoms with Gasteiger partial charge in [0.1, 0.15) is 18.2 Å². The number of hydrogen-bond donors (Lipinski definition) is 0. The van der Waals surface area contributed by atoms with E-state index in [0.29, 0.717) is 31.4 Å². The lowest BCUT2D eigenvalue weighted by atomic mass is 9.79. The summed E-state index contributed by atoms with van der Waals surface area (Å²) < 4.78 is 40.7. The number of anilines is 1. The summed E-state index contributed by atoms with van der Waals surface area (Å²) in [4.78, 5) is 4.53. The average Bonchev–Trinajstić information content (AvgIpc) is 2.97. The summed E-state index contributed by atoms with van der Waals surface area (Å²) in [5.41, 5.74) is 5.53. The molecule has 1 heterocycles. The molecule has 5 rings (SSSR count). The molecule has 0 radical (unpaired) electrons. The van der Waals surface area contributed by atoms with E-state index in [1.807, 2.05) is 18.2 Å². The zero-order valence-electron chi connectivity index (χ0n) is 23.2. The Kier molecular flexibility index (Phi) is 9.02. The molecule has 0 amide bonds. The number of ether oxygens (including phenoxy) is 2. The van der Waals surface area contributed by atoms with E-state index in [1.54, 1.807) is 31.4 Å². The van der Waals surface area contributed by atoms with Gasteiger partial charge in [0.15, 0.2) is 11.6 Å². The fourth-order valence-electron chi connectivity index (χ4n) is 6.07. The van der Waals surface area contributed by atoms with E-state index >= 15 is 0 Å². The lowest BCUT2D eigenvalue weighted by Gasteiger charge is -2.31. The monoisotopic (exact) mass is 534 g/mol. The van der Waals surface area contributed by atoms with E-state index in [-0.39, 0.29) is 11.6 Å². The number of nitrogens with zero attached hydrogens (tertiary/aromatic N) is 2.